The Bertz CT molecular complexity index is 818. The first-order valence-corrected chi connectivity index (χ1v) is 10.8. The number of aryl methyl sites for hydroxylation is 2. The first-order chi connectivity index (χ1) is 13.8. The number of nitrogens with zero attached hydrogens (tertiary/aromatic N) is 2. The molecule has 0 saturated carbocycles. The van der Waals surface area contributed by atoms with Crippen molar-refractivity contribution in [1.29, 1.82) is 0 Å². The summed E-state index contributed by atoms with van der Waals surface area (Å²) in [7, 11) is 0. The second-order valence-electron chi connectivity index (χ2n) is 7.54. The van der Waals surface area contributed by atoms with Crippen molar-refractivity contribution in [2.45, 2.75) is 65.2 Å². The molecule has 0 saturated heterocycles. The highest BCUT2D eigenvalue weighted by Crippen LogP contribution is 2.23. The summed E-state index contributed by atoms with van der Waals surface area (Å²) in [5.74, 6) is 0. The maximum Gasteiger partial charge on any atom is 0.0702 e. The SMILES string of the molecule is CCCCCCCCc1ccc(-c2ccc(-c3ccc(CC)nc3)cn2)cc1. The van der Waals surface area contributed by atoms with E-state index in [1.807, 2.05) is 12.4 Å². The predicted octanol–water partition coefficient (Wildman–Crippen LogP) is 7.28. The van der Waals surface area contributed by atoms with Gasteiger partial charge in [-0.25, -0.2) is 0 Å². The van der Waals surface area contributed by atoms with Crippen molar-refractivity contribution in [2.24, 2.45) is 0 Å². The van der Waals surface area contributed by atoms with Crippen LogP contribution in [0.15, 0.2) is 60.9 Å². The number of pyridine rings is 2. The lowest BCUT2D eigenvalue weighted by Gasteiger charge is -2.06. The second kappa shape index (κ2) is 10.8. The van der Waals surface area contributed by atoms with Crippen LogP contribution in [-0.2, 0) is 12.8 Å². The molecule has 2 aromatic heterocycles. The Morgan fingerprint density at radius 2 is 1.25 bits per heavy atom. The molecule has 0 radical (unpaired) electrons. The van der Waals surface area contributed by atoms with Crippen LogP contribution in [0.3, 0.4) is 0 Å². The summed E-state index contributed by atoms with van der Waals surface area (Å²) in [4.78, 5) is 9.15. The van der Waals surface area contributed by atoms with Gasteiger partial charge < -0.3 is 0 Å². The van der Waals surface area contributed by atoms with Gasteiger partial charge in [-0.3, -0.25) is 9.97 Å². The van der Waals surface area contributed by atoms with Crippen molar-refractivity contribution in [3.8, 4) is 22.4 Å². The molecular weight excluding hydrogens is 340 g/mol. The van der Waals surface area contributed by atoms with E-state index in [9.17, 15) is 0 Å². The van der Waals surface area contributed by atoms with Crippen LogP contribution in [0.25, 0.3) is 22.4 Å². The lowest BCUT2D eigenvalue weighted by molar-refractivity contribution is 0.607. The van der Waals surface area contributed by atoms with Gasteiger partial charge >= 0.3 is 0 Å². The third-order valence-electron chi connectivity index (χ3n) is 5.35. The standard InChI is InChI=1S/C26H32N2/c1-3-5-6-7-8-9-10-21-11-13-22(14-12-21)26-18-16-24(20-28-26)23-15-17-25(4-2)27-19-23/h11-20H,3-10H2,1-2H3. The summed E-state index contributed by atoms with van der Waals surface area (Å²) in [6.45, 7) is 4.39. The van der Waals surface area contributed by atoms with Gasteiger partial charge in [0.1, 0.15) is 0 Å². The Morgan fingerprint density at radius 1 is 0.607 bits per heavy atom. The van der Waals surface area contributed by atoms with Gasteiger partial charge in [0.15, 0.2) is 0 Å². The second-order valence-corrected chi connectivity index (χ2v) is 7.54. The van der Waals surface area contributed by atoms with E-state index < -0.39 is 0 Å². The normalized spacial score (nSPS) is 10.9. The highest BCUT2D eigenvalue weighted by Gasteiger charge is 2.03. The molecule has 3 aromatic rings. The van der Waals surface area contributed by atoms with Crippen LogP contribution in [0.5, 0.6) is 0 Å². The van der Waals surface area contributed by atoms with Crippen molar-refractivity contribution >= 4 is 0 Å². The van der Waals surface area contributed by atoms with E-state index in [-0.39, 0.29) is 0 Å². The Labute approximate surface area is 170 Å². The Morgan fingerprint density at radius 3 is 1.86 bits per heavy atom. The summed E-state index contributed by atoms with van der Waals surface area (Å²) in [6.07, 6.45) is 14.1. The van der Waals surface area contributed by atoms with Gasteiger partial charge in [0.2, 0.25) is 0 Å². The lowest BCUT2D eigenvalue weighted by atomic mass is 10.0. The number of hydrogen-bond acceptors (Lipinski definition) is 2. The molecule has 0 aliphatic rings. The van der Waals surface area contributed by atoms with Crippen LogP contribution < -0.4 is 0 Å². The van der Waals surface area contributed by atoms with Crippen LogP contribution in [0.2, 0.25) is 0 Å². The zero-order chi connectivity index (χ0) is 19.6. The third kappa shape index (κ3) is 5.76. The van der Waals surface area contributed by atoms with E-state index in [1.165, 1.54) is 56.1 Å². The number of rotatable bonds is 10. The van der Waals surface area contributed by atoms with Crippen LogP contribution in [-0.4, -0.2) is 9.97 Å². The lowest BCUT2D eigenvalue weighted by Crippen LogP contribution is -1.90. The van der Waals surface area contributed by atoms with Gasteiger partial charge in [0.25, 0.3) is 0 Å². The number of hydrogen-bond donors (Lipinski definition) is 0. The molecule has 0 bridgehead atoms. The highest BCUT2D eigenvalue weighted by atomic mass is 14.7. The molecule has 0 aliphatic heterocycles. The van der Waals surface area contributed by atoms with Gasteiger partial charge in [-0.05, 0) is 37.0 Å². The van der Waals surface area contributed by atoms with Crippen molar-refractivity contribution < 1.29 is 0 Å². The maximum atomic E-state index is 4.67. The van der Waals surface area contributed by atoms with Crippen LogP contribution in [0, 0.1) is 0 Å². The molecule has 0 unspecified atom stereocenters. The number of aromatic nitrogens is 2. The van der Waals surface area contributed by atoms with Gasteiger partial charge in [-0.15, -0.1) is 0 Å². The van der Waals surface area contributed by atoms with Crippen LogP contribution in [0.4, 0.5) is 0 Å². The average molecular weight is 373 g/mol. The fourth-order valence-electron chi connectivity index (χ4n) is 3.49. The third-order valence-corrected chi connectivity index (χ3v) is 5.35. The van der Waals surface area contributed by atoms with E-state index in [2.05, 4.69) is 72.3 Å². The number of unbranched alkanes of at least 4 members (excludes halogenated alkanes) is 5. The molecule has 0 spiro atoms. The molecule has 0 N–H and O–H groups in total. The van der Waals surface area contributed by atoms with Crippen LogP contribution in [0.1, 0.15) is 63.6 Å². The first-order valence-electron chi connectivity index (χ1n) is 10.8. The van der Waals surface area contributed by atoms with Crippen molar-refractivity contribution in [3.63, 3.8) is 0 Å². The molecule has 0 amide bonds. The summed E-state index contributed by atoms with van der Waals surface area (Å²) in [6, 6.07) is 17.4. The summed E-state index contributed by atoms with van der Waals surface area (Å²) in [5.41, 5.74) is 6.97. The Hall–Kier alpha value is -2.48. The zero-order valence-corrected chi connectivity index (χ0v) is 17.3. The summed E-state index contributed by atoms with van der Waals surface area (Å²) >= 11 is 0. The maximum absolute atomic E-state index is 4.67. The van der Waals surface area contributed by atoms with E-state index in [4.69, 9.17) is 0 Å². The van der Waals surface area contributed by atoms with Crippen molar-refractivity contribution in [1.82, 2.24) is 9.97 Å². The monoisotopic (exact) mass is 372 g/mol. The molecule has 28 heavy (non-hydrogen) atoms. The molecule has 0 atom stereocenters. The van der Waals surface area contributed by atoms with Gasteiger partial charge in [-0.2, -0.15) is 0 Å². The minimum atomic E-state index is 0.965. The van der Waals surface area contributed by atoms with Gasteiger partial charge in [-0.1, -0.05) is 82.3 Å². The molecule has 3 rings (SSSR count). The summed E-state index contributed by atoms with van der Waals surface area (Å²) in [5, 5.41) is 0. The molecule has 0 aliphatic carbocycles. The summed E-state index contributed by atoms with van der Waals surface area (Å²) < 4.78 is 0. The Kier molecular flexibility index (Phi) is 7.78. The largest absolute Gasteiger partial charge is 0.261 e. The van der Waals surface area contributed by atoms with E-state index >= 15 is 0 Å². The first kappa shape index (κ1) is 20.3. The van der Waals surface area contributed by atoms with Crippen LogP contribution >= 0.6 is 0 Å². The van der Waals surface area contributed by atoms with E-state index in [1.54, 1.807) is 0 Å². The minimum absolute atomic E-state index is 0.965. The molecular formula is C26H32N2. The van der Waals surface area contributed by atoms with Gasteiger partial charge in [0.05, 0.1) is 5.69 Å². The predicted molar refractivity (Wildman–Crippen MR) is 119 cm³/mol. The quantitative estimate of drug-likeness (QED) is 0.350. The molecule has 2 nitrogen and oxygen atoms in total. The molecule has 2 heteroatoms. The molecule has 146 valence electrons. The smallest absolute Gasteiger partial charge is 0.0702 e. The topological polar surface area (TPSA) is 25.8 Å². The van der Waals surface area contributed by atoms with Crippen molar-refractivity contribution in [2.75, 3.05) is 0 Å². The van der Waals surface area contributed by atoms with Gasteiger partial charge in [0, 0.05) is 34.8 Å². The Balaban J connectivity index is 1.56. The molecule has 2 heterocycles. The van der Waals surface area contributed by atoms with E-state index in [0.717, 1.165) is 28.9 Å². The fraction of sp³-hybridized carbons (Fsp3) is 0.385. The molecule has 1 aromatic carbocycles. The molecule has 0 fully saturated rings. The number of benzene rings is 1. The zero-order valence-electron chi connectivity index (χ0n) is 17.3. The van der Waals surface area contributed by atoms with E-state index in [0.29, 0.717) is 0 Å². The minimum Gasteiger partial charge on any atom is -0.261 e. The van der Waals surface area contributed by atoms with Crippen molar-refractivity contribution in [3.05, 3.63) is 72.2 Å². The highest BCUT2D eigenvalue weighted by molar-refractivity contribution is 5.66. The average Bonchev–Trinajstić information content (AvgIpc) is 2.77. The fourth-order valence-corrected chi connectivity index (χ4v) is 3.49.